The summed E-state index contributed by atoms with van der Waals surface area (Å²) < 4.78 is 3.60. The molecule has 0 unspecified atom stereocenters. The fraction of sp³-hybridized carbons (Fsp3) is 0.571. The Morgan fingerprint density at radius 2 is 2.38 bits per heavy atom. The van der Waals surface area contributed by atoms with E-state index in [9.17, 15) is 4.79 Å². The first kappa shape index (κ1) is 8.43. The molecule has 1 fully saturated rings. The predicted octanol–water partition coefficient (Wildman–Crippen LogP) is 0.403. The van der Waals surface area contributed by atoms with Gasteiger partial charge in [0.25, 0.3) is 5.91 Å². The van der Waals surface area contributed by atoms with Crippen LogP contribution in [0.15, 0.2) is 0 Å². The normalized spacial score (nSPS) is 16.6. The molecule has 13 heavy (non-hydrogen) atoms. The maximum Gasteiger partial charge on any atom is 0.275 e. The Bertz CT molecular complexity index is 320. The Kier molecular flexibility index (Phi) is 2.13. The van der Waals surface area contributed by atoms with Crippen molar-refractivity contribution in [1.29, 1.82) is 0 Å². The van der Waals surface area contributed by atoms with E-state index in [2.05, 4.69) is 14.9 Å². The number of nitrogens with one attached hydrogen (secondary N) is 1. The van der Waals surface area contributed by atoms with Crippen LogP contribution >= 0.6 is 11.5 Å². The minimum Gasteiger partial charge on any atom is -0.387 e. The zero-order chi connectivity index (χ0) is 9.26. The smallest absolute Gasteiger partial charge is 0.275 e. The Morgan fingerprint density at radius 1 is 1.62 bits per heavy atom. The molecule has 1 aromatic rings. The second-order valence-electron chi connectivity index (χ2n) is 3.09. The standard InChI is InChI=1S/C7H10N4OS/c8-6-5(10-11-13-6)7(12)9-4-2-1-3-4/h4H,1-3,8H2,(H,9,12). The topological polar surface area (TPSA) is 80.9 Å². The number of amides is 1. The molecule has 70 valence electrons. The number of nitrogen functional groups attached to an aromatic ring is 1. The van der Waals surface area contributed by atoms with Crippen molar-refractivity contribution in [2.75, 3.05) is 5.73 Å². The predicted molar refractivity (Wildman–Crippen MR) is 49.4 cm³/mol. The third kappa shape index (κ3) is 1.62. The summed E-state index contributed by atoms with van der Waals surface area (Å²) >= 11 is 1.04. The van der Waals surface area contributed by atoms with Crippen LogP contribution in [-0.2, 0) is 0 Å². The van der Waals surface area contributed by atoms with Crippen molar-refractivity contribution in [3.8, 4) is 0 Å². The lowest BCUT2D eigenvalue weighted by molar-refractivity contribution is 0.0913. The molecule has 5 nitrogen and oxygen atoms in total. The molecule has 0 spiro atoms. The van der Waals surface area contributed by atoms with Gasteiger partial charge in [-0.3, -0.25) is 4.79 Å². The number of aromatic nitrogens is 2. The highest BCUT2D eigenvalue weighted by atomic mass is 32.1. The summed E-state index contributed by atoms with van der Waals surface area (Å²) in [4.78, 5) is 11.4. The molecule has 3 N–H and O–H groups in total. The summed E-state index contributed by atoms with van der Waals surface area (Å²) in [5.74, 6) is -0.198. The number of carbonyl (C=O) groups excluding carboxylic acids is 1. The minimum atomic E-state index is -0.198. The Balaban J connectivity index is 2.00. The van der Waals surface area contributed by atoms with Crippen LogP contribution in [0.4, 0.5) is 5.00 Å². The van der Waals surface area contributed by atoms with Gasteiger partial charge in [0, 0.05) is 17.6 Å². The fourth-order valence-electron chi connectivity index (χ4n) is 1.16. The fourth-order valence-corrected chi connectivity index (χ4v) is 1.59. The van der Waals surface area contributed by atoms with E-state index in [0.717, 1.165) is 24.4 Å². The van der Waals surface area contributed by atoms with E-state index in [4.69, 9.17) is 5.73 Å². The van der Waals surface area contributed by atoms with E-state index in [-0.39, 0.29) is 11.6 Å². The number of nitrogens with two attached hydrogens (primary N) is 1. The maximum absolute atomic E-state index is 11.4. The molecule has 1 aliphatic rings. The van der Waals surface area contributed by atoms with E-state index in [0.29, 0.717) is 11.0 Å². The van der Waals surface area contributed by atoms with Crippen LogP contribution in [0, 0.1) is 0 Å². The summed E-state index contributed by atoms with van der Waals surface area (Å²) in [6.45, 7) is 0. The van der Waals surface area contributed by atoms with Crippen LogP contribution in [0.3, 0.4) is 0 Å². The summed E-state index contributed by atoms with van der Waals surface area (Å²) in [7, 11) is 0. The van der Waals surface area contributed by atoms with Crippen molar-refractivity contribution in [3.05, 3.63) is 5.69 Å². The van der Waals surface area contributed by atoms with Gasteiger partial charge in [-0.1, -0.05) is 4.49 Å². The number of hydrogen-bond acceptors (Lipinski definition) is 5. The molecule has 1 amide bonds. The second kappa shape index (κ2) is 3.29. The minimum absolute atomic E-state index is 0.198. The average Bonchev–Trinajstić information content (AvgIpc) is 2.43. The lowest BCUT2D eigenvalue weighted by Crippen LogP contribution is -2.39. The van der Waals surface area contributed by atoms with E-state index >= 15 is 0 Å². The van der Waals surface area contributed by atoms with Crippen LogP contribution in [-0.4, -0.2) is 21.5 Å². The summed E-state index contributed by atoms with van der Waals surface area (Å²) in [6, 6.07) is 0.314. The number of anilines is 1. The zero-order valence-corrected chi connectivity index (χ0v) is 7.80. The van der Waals surface area contributed by atoms with E-state index in [1.165, 1.54) is 6.42 Å². The summed E-state index contributed by atoms with van der Waals surface area (Å²) in [5.41, 5.74) is 5.77. The van der Waals surface area contributed by atoms with E-state index in [1.54, 1.807) is 0 Å². The average molecular weight is 198 g/mol. The van der Waals surface area contributed by atoms with Gasteiger partial charge in [0.05, 0.1) is 0 Å². The van der Waals surface area contributed by atoms with Crippen molar-refractivity contribution < 1.29 is 4.79 Å². The molecule has 1 heterocycles. The summed E-state index contributed by atoms with van der Waals surface area (Å²) in [5, 5.41) is 6.89. The number of hydrogen-bond donors (Lipinski definition) is 2. The van der Waals surface area contributed by atoms with Crippen molar-refractivity contribution in [3.63, 3.8) is 0 Å². The Morgan fingerprint density at radius 3 is 2.85 bits per heavy atom. The van der Waals surface area contributed by atoms with Crippen molar-refractivity contribution in [1.82, 2.24) is 14.9 Å². The van der Waals surface area contributed by atoms with Gasteiger partial charge in [0.1, 0.15) is 5.00 Å². The molecule has 0 saturated heterocycles. The third-order valence-corrected chi connectivity index (χ3v) is 2.72. The van der Waals surface area contributed by atoms with Crippen LogP contribution in [0.2, 0.25) is 0 Å². The van der Waals surface area contributed by atoms with Crippen molar-refractivity contribution in [2.45, 2.75) is 25.3 Å². The first-order valence-electron chi connectivity index (χ1n) is 4.16. The second-order valence-corrected chi connectivity index (χ2v) is 3.87. The Hall–Kier alpha value is -1.17. The molecule has 0 bridgehead atoms. The largest absolute Gasteiger partial charge is 0.387 e. The van der Waals surface area contributed by atoms with Gasteiger partial charge in [0.15, 0.2) is 5.69 Å². The molecule has 0 atom stereocenters. The van der Waals surface area contributed by atoms with Crippen LogP contribution in [0.25, 0.3) is 0 Å². The number of rotatable bonds is 2. The SMILES string of the molecule is Nc1snnc1C(=O)NC1CCC1. The van der Waals surface area contributed by atoms with E-state index in [1.807, 2.05) is 0 Å². The lowest BCUT2D eigenvalue weighted by atomic mass is 9.93. The van der Waals surface area contributed by atoms with Gasteiger partial charge in [-0.05, 0) is 19.3 Å². The maximum atomic E-state index is 11.4. The highest BCUT2D eigenvalue weighted by Gasteiger charge is 2.22. The van der Waals surface area contributed by atoms with Crippen molar-refractivity contribution in [2.24, 2.45) is 0 Å². The monoisotopic (exact) mass is 198 g/mol. The molecule has 0 aliphatic heterocycles. The van der Waals surface area contributed by atoms with Gasteiger partial charge in [-0.25, -0.2) is 0 Å². The molecule has 6 heteroatoms. The first-order valence-corrected chi connectivity index (χ1v) is 4.93. The zero-order valence-electron chi connectivity index (χ0n) is 6.99. The van der Waals surface area contributed by atoms with E-state index < -0.39 is 0 Å². The molecular formula is C7H10N4OS. The van der Waals surface area contributed by atoms with Gasteiger partial charge in [0.2, 0.25) is 0 Å². The highest BCUT2D eigenvalue weighted by molar-refractivity contribution is 7.10. The molecule has 1 aromatic heterocycles. The molecular weight excluding hydrogens is 188 g/mol. The van der Waals surface area contributed by atoms with Gasteiger partial charge < -0.3 is 11.1 Å². The Labute approximate surface area is 79.5 Å². The lowest BCUT2D eigenvalue weighted by Gasteiger charge is -2.25. The number of nitrogens with zero attached hydrogens (tertiary/aromatic N) is 2. The highest BCUT2D eigenvalue weighted by Crippen LogP contribution is 2.19. The van der Waals surface area contributed by atoms with Crippen LogP contribution in [0.5, 0.6) is 0 Å². The molecule has 2 rings (SSSR count). The first-order chi connectivity index (χ1) is 6.27. The third-order valence-electron chi connectivity index (χ3n) is 2.17. The van der Waals surface area contributed by atoms with Crippen LogP contribution < -0.4 is 11.1 Å². The van der Waals surface area contributed by atoms with Gasteiger partial charge >= 0.3 is 0 Å². The van der Waals surface area contributed by atoms with Crippen molar-refractivity contribution >= 4 is 22.4 Å². The molecule has 1 saturated carbocycles. The molecule has 0 radical (unpaired) electrons. The summed E-state index contributed by atoms with van der Waals surface area (Å²) in [6.07, 6.45) is 3.31. The van der Waals surface area contributed by atoms with Gasteiger partial charge in [-0.15, -0.1) is 5.10 Å². The molecule has 0 aromatic carbocycles. The van der Waals surface area contributed by atoms with Gasteiger partial charge in [-0.2, -0.15) is 0 Å². The number of carbonyl (C=O) groups is 1. The molecule has 1 aliphatic carbocycles. The quantitative estimate of drug-likeness (QED) is 0.720. The van der Waals surface area contributed by atoms with Crippen LogP contribution in [0.1, 0.15) is 29.8 Å².